The van der Waals surface area contributed by atoms with Crippen LogP contribution in [0, 0.1) is 12.7 Å². The Kier molecular flexibility index (Phi) is 3.81. The summed E-state index contributed by atoms with van der Waals surface area (Å²) in [5.74, 6) is -0.263. The Balaban J connectivity index is 2.11. The molecule has 1 aromatic rings. The Hall–Kier alpha value is -1.22. The minimum atomic E-state index is -0.351. The lowest BCUT2D eigenvalue weighted by Gasteiger charge is -2.32. The van der Waals surface area contributed by atoms with E-state index in [1.54, 1.807) is 13.0 Å². The highest BCUT2D eigenvalue weighted by molar-refractivity contribution is 5.98. The molecule has 1 saturated carbocycles. The summed E-state index contributed by atoms with van der Waals surface area (Å²) in [6.45, 7) is 1.76. The van der Waals surface area contributed by atoms with Crippen molar-refractivity contribution in [2.24, 2.45) is 5.73 Å². The normalized spacial score (nSPS) is 18.6. The van der Waals surface area contributed by atoms with Crippen LogP contribution in [-0.4, -0.2) is 11.3 Å². The maximum atomic E-state index is 13.0. The van der Waals surface area contributed by atoms with Crippen molar-refractivity contribution < 1.29 is 9.18 Å². The van der Waals surface area contributed by atoms with Gasteiger partial charge in [0.1, 0.15) is 5.82 Å². The van der Waals surface area contributed by atoms with Crippen molar-refractivity contribution in [1.82, 2.24) is 0 Å². The SMILES string of the molecule is Cc1cc(F)ccc1C(=O)CC1(N)CCCCC1. The van der Waals surface area contributed by atoms with Crippen LogP contribution in [-0.2, 0) is 0 Å². The number of hydrogen-bond acceptors (Lipinski definition) is 2. The van der Waals surface area contributed by atoms with E-state index in [0.29, 0.717) is 17.5 Å². The van der Waals surface area contributed by atoms with Gasteiger partial charge in [0.05, 0.1) is 0 Å². The number of carbonyl (C=O) groups excluding carboxylic acids is 1. The molecule has 18 heavy (non-hydrogen) atoms. The zero-order valence-electron chi connectivity index (χ0n) is 10.8. The van der Waals surface area contributed by atoms with Crippen LogP contribution in [0.5, 0.6) is 0 Å². The third-order valence-corrected chi connectivity index (χ3v) is 3.85. The Morgan fingerprint density at radius 1 is 1.33 bits per heavy atom. The molecule has 0 radical (unpaired) electrons. The first-order valence-corrected chi connectivity index (χ1v) is 6.58. The quantitative estimate of drug-likeness (QED) is 0.835. The summed E-state index contributed by atoms with van der Waals surface area (Å²) in [4.78, 5) is 12.2. The standard InChI is InChI=1S/C15H20FNO/c1-11-9-12(16)5-6-13(11)14(18)10-15(17)7-3-2-4-8-15/h5-6,9H,2-4,7-8,10,17H2,1H3. The lowest BCUT2D eigenvalue weighted by atomic mass is 9.78. The smallest absolute Gasteiger partial charge is 0.164 e. The zero-order chi connectivity index (χ0) is 13.2. The fourth-order valence-corrected chi connectivity index (χ4v) is 2.79. The summed E-state index contributed by atoms with van der Waals surface area (Å²) >= 11 is 0. The van der Waals surface area contributed by atoms with E-state index in [0.717, 1.165) is 25.7 Å². The van der Waals surface area contributed by atoms with E-state index in [4.69, 9.17) is 5.73 Å². The Labute approximate surface area is 107 Å². The summed E-state index contributed by atoms with van der Waals surface area (Å²) in [6.07, 6.45) is 5.62. The third kappa shape index (κ3) is 2.96. The van der Waals surface area contributed by atoms with Gasteiger partial charge in [-0.2, -0.15) is 0 Å². The number of halogens is 1. The molecule has 0 aliphatic heterocycles. The summed E-state index contributed by atoms with van der Waals surface area (Å²) in [6, 6.07) is 4.31. The van der Waals surface area contributed by atoms with E-state index in [-0.39, 0.29) is 17.1 Å². The second-order valence-electron chi connectivity index (χ2n) is 5.48. The van der Waals surface area contributed by atoms with E-state index in [1.807, 2.05) is 0 Å². The van der Waals surface area contributed by atoms with E-state index >= 15 is 0 Å². The van der Waals surface area contributed by atoms with Crippen molar-refractivity contribution in [3.05, 3.63) is 35.1 Å². The largest absolute Gasteiger partial charge is 0.325 e. The van der Waals surface area contributed by atoms with Crippen molar-refractivity contribution >= 4 is 5.78 Å². The van der Waals surface area contributed by atoms with Gasteiger partial charge in [-0.15, -0.1) is 0 Å². The molecular weight excluding hydrogens is 229 g/mol. The Morgan fingerprint density at radius 2 is 2.00 bits per heavy atom. The Morgan fingerprint density at radius 3 is 2.61 bits per heavy atom. The summed E-state index contributed by atoms with van der Waals surface area (Å²) < 4.78 is 13.0. The molecule has 2 N–H and O–H groups in total. The number of ketones is 1. The number of nitrogens with two attached hydrogens (primary N) is 1. The molecule has 0 bridgehead atoms. The monoisotopic (exact) mass is 249 g/mol. The molecule has 0 atom stereocenters. The second-order valence-corrected chi connectivity index (χ2v) is 5.48. The van der Waals surface area contributed by atoms with Crippen molar-refractivity contribution in [3.63, 3.8) is 0 Å². The van der Waals surface area contributed by atoms with E-state index < -0.39 is 0 Å². The highest BCUT2D eigenvalue weighted by Gasteiger charge is 2.30. The number of carbonyl (C=O) groups is 1. The Bertz CT molecular complexity index is 450. The number of rotatable bonds is 3. The first-order chi connectivity index (χ1) is 8.50. The molecule has 0 amide bonds. The molecule has 98 valence electrons. The van der Waals surface area contributed by atoms with Gasteiger partial charge in [0.2, 0.25) is 0 Å². The number of benzene rings is 1. The predicted molar refractivity (Wildman–Crippen MR) is 70.1 cm³/mol. The predicted octanol–water partition coefficient (Wildman–Crippen LogP) is 3.37. The molecular formula is C15H20FNO. The summed E-state index contributed by atoms with van der Waals surface area (Å²) in [5, 5.41) is 0. The van der Waals surface area contributed by atoms with E-state index in [1.165, 1.54) is 18.6 Å². The number of Topliss-reactive ketones (excluding diaryl/α,β-unsaturated/α-hetero) is 1. The first kappa shape index (κ1) is 13.2. The molecule has 0 aromatic heterocycles. The fourth-order valence-electron chi connectivity index (χ4n) is 2.79. The molecule has 2 rings (SSSR count). The molecule has 1 aliphatic rings. The van der Waals surface area contributed by atoms with Crippen LogP contribution >= 0.6 is 0 Å². The van der Waals surface area contributed by atoms with Crippen LogP contribution < -0.4 is 5.73 Å². The van der Waals surface area contributed by atoms with Crippen molar-refractivity contribution in [2.45, 2.75) is 51.0 Å². The minimum absolute atomic E-state index is 0.0388. The van der Waals surface area contributed by atoms with Gasteiger partial charge in [0.25, 0.3) is 0 Å². The molecule has 0 spiro atoms. The summed E-state index contributed by atoms with van der Waals surface area (Å²) in [7, 11) is 0. The van der Waals surface area contributed by atoms with E-state index in [2.05, 4.69) is 0 Å². The van der Waals surface area contributed by atoms with Gasteiger partial charge in [-0.25, -0.2) is 4.39 Å². The second kappa shape index (κ2) is 5.19. The van der Waals surface area contributed by atoms with Gasteiger partial charge in [-0.1, -0.05) is 19.3 Å². The lowest BCUT2D eigenvalue weighted by molar-refractivity contribution is 0.0934. The fraction of sp³-hybridized carbons (Fsp3) is 0.533. The molecule has 2 nitrogen and oxygen atoms in total. The van der Waals surface area contributed by atoms with Crippen molar-refractivity contribution in [1.29, 1.82) is 0 Å². The van der Waals surface area contributed by atoms with Crippen LogP contribution in [0.25, 0.3) is 0 Å². The van der Waals surface area contributed by atoms with Gasteiger partial charge in [-0.3, -0.25) is 4.79 Å². The highest BCUT2D eigenvalue weighted by atomic mass is 19.1. The van der Waals surface area contributed by atoms with Crippen LogP contribution in [0.4, 0.5) is 4.39 Å². The number of aryl methyl sites for hydroxylation is 1. The van der Waals surface area contributed by atoms with Gasteiger partial charge < -0.3 is 5.73 Å². The minimum Gasteiger partial charge on any atom is -0.325 e. The lowest BCUT2D eigenvalue weighted by Crippen LogP contribution is -2.43. The van der Waals surface area contributed by atoms with Crippen LogP contribution in [0.15, 0.2) is 18.2 Å². The van der Waals surface area contributed by atoms with E-state index in [9.17, 15) is 9.18 Å². The molecule has 0 unspecified atom stereocenters. The third-order valence-electron chi connectivity index (χ3n) is 3.85. The average molecular weight is 249 g/mol. The molecule has 0 saturated heterocycles. The molecule has 0 heterocycles. The summed E-state index contributed by atoms with van der Waals surface area (Å²) in [5.41, 5.74) is 7.23. The molecule has 1 aliphatic carbocycles. The first-order valence-electron chi connectivity index (χ1n) is 6.58. The van der Waals surface area contributed by atoms with Crippen LogP contribution in [0.3, 0.4) is 0 Å². The highest BCUT2D eigenvalue weighted by Crippen LogP contribution is 2.30. The van der Waals surface area contributed by atoms with Gasteiger partial charge in [0, 0.05) is 17.5 Å². The van der Waals surface area contributed by atoms with Crippen LogP contribution in [0.2, 0.25) is 0 Å². The molecule has 1 fully saturated rings. The van der Waals surface area contributed by atoms with Crippen LogP contribution in [0.1, 0.15) is 54.4 Å². The average Bonchev–Trinajstić information content (AvgIpc) is 2.28. The van der Waals surface area contributed by atoms with Gasteiger partial charge in [0.15, 0.2) is 5.78 Å². The molecule has 1 aromatic carbocycles. The maximum absolute atomic E-state index is 13.0. The van der Waals surface area contributed by atoms with Gasteiger partial charge >= 0.3 is 0 Å². The van der Waals surface area contributed by atoms with Gasteiger partial charge in [-0.05, 0) is 43.5 Å². The molecule has 3 heteroatoms. The van der Waals surface area contributed by atoms with Crippen molar-refractivity contribution in [3.8, 4) is 0 Å². The zero-order valence-corrected chi connectivity index (χ0v) is 10.8. The topological polar surface area (TPSA) is 43.1 Å². The maximum Gasteiger partial charge on any atom is 0.164 e. The number of hydrogen-bond donors (Lipinski definition) is 1. The van der Waals surface area contributed by atoms with Crippen molar-refractivity contribution in [2.75, 3.05) is 0 Å².